The van der Waals surface area contributed by atoms with Crippen molar-refractivity contribution < 1.29 is 4.74 Å². The third kappa shape index (κ3) is 1.89. The lowest BCUT2D eigenvalue weighted by Crippen LogP contribution is -2.05. The molecule has 70 valence electrons. The Hall–Kier alpha value is -1.29. The number of aromatic nitrogens is 1. The maximum atomic E-state index is 5.63. The molecule has 1 aromatic rings. The number of nitrogen functional groups attached to an aromatic ring is 1. The Kier molecular flexibility index (Phi) is 2.06. The summed E-state index contributed by atoms with van der Waals surface area (Å²) in [5.74, 6) is 1.27. The molecule has 0 atom stereocenters. The maximum Gasteiger partial charge on any atom is 0.129 e. The van der Waals surface area contributed by atoms with Crippen molar-refractivity contribution in [3.63, 3.8) is 0 Å². The van der Waals surface area contributed by atoms with Gasteiger partial charge in [0.2, 0.25) is 0 Å². The average molecular weight is 179 g/mol. The van der Waals surface area contributed by atoms with E-state index in [-0.39, 0.29) is 0 Å². The predicted molar refractivity (Wildman–Crippen MR) is 50.2 cm³/mol. The third-order valence-corrected chi connectivity index (χ3v) is 2.00. The lowest BCUT2D eigenvalue weighted by molar-refractivity contribution is 0.300. The van der Waals surface area contributed by atoms with Crippen LogP contribution in [0.25, 0.3) is 0 Å². The molecule has 1 saturated carbocycles. The van der Waals surface area contributed by atoms with Crippen molar-refractivity contribution in [2.24, 2.45) is 5.73 Å². The van der Waals surface area contributed by atoms with Crippen LogP contribution in [0.5, 0.6) is 5.75 Å². The second-order valence-electron chi connectivity index (χ2n) is 3.24. The van der Waals surface area contributed by atoms with E-state index >= 15 is 0 Å². The summed E-state index contributed by atoms with van der Waals surface area (Å²) in [7, 11) is 0. The van der Waals surface area contributed by atoms with Crippen molar-refractivity contribution in [2.45, 2.75) is 25.5 Å². The van der Waals surface area contributed by atoms with E-state index in [0.717, 1.165) is 24.2 Å². The molecule has 0 aliphatic heterocycles. The summed E-state index contributed by atoms with van der Waals surface area (Å²) in [6.45, 7) is 0.440. The average Bonchev–Trinajstić information content (AvgIpc) is 2.89. The van der Waals surface area contributed by atoms with E-state index in [9.17, 15) is 0 Å². The molecular formula is C9H13N3O. The molecule has 1 fully saturated rings. The van der Waals surface area contributed by atoms with Gasteiger partial charge in [0.1, 0.15) is 11.6 Å². The quantitative estimate of drug-likeness (QED) is 0.715. The van der Waals surface area contributed by atoms with Crippen LogP contribution in [0, 0.1) is 0 Å². The number of hydrogen-bond acceptors (Lipinski definition) is 4. The van der Waals surface area contributed by atoms with Crippen LogP contribution in [0.4, 0.5) is 5.82 Å². The van der Waals surface area contributed by atoms with Gasteiger partial charge in [-0.05, 0) is 12.8 Å². The zero-order chi connectivity index (χ0) is 9.26. The number of anilines is 1. The first kappa shape index (κ1) is 8.31. The van der Waals surface area contributed by atoms with Crippen molar-refractivity contribution >= 4 is 5.82 Å². The third-order valence-electron chi connectivity index (χ3n) is 2.00. The summed E-state index contributed by atoms with van der Waals surface area (Å²) >= 11 is 0. The molecule has 4 nitrogen and oxygen atoms in total. The second kappa shape index (κ2) is 3.22. The van der Waals surface area contributed by atoms with Crippen LogP contribution < -0.4 is 16.2 Å². The number of rotatable bonds is 3. The molecule has 13 heavy (non-hydrogen) atoms. The number of nitrogens with two attached hydrogens (primary N) is 2. The van der Waals surface area contributed by atoms with Gasteiger partial charge in [-0.3, -0.25) is 0 Å². The van der Waals surface area contributed by atoms with Crippen molar-refractivity contribution in [2.75, 3.05) is 5.73 Å². The number of hydrogen-bond donors (Lipinski definition) is 2. The Morgan fingerprint density at radius 3 is 2.92 bits per heavy atom. The van der Waals surface area contributed by atoms with E-state index in [0.29, 0.717) is 18.5 Å². The van der Waals surface area contributed by atoms with E-state index in [1.54, 1.807) is 12.3 Å². The molecule has 4 heteroatoms. The van der Waals surface area contributed by atoms with Gasteiger partial charge in [-0.2, -0.15) is 0 Å². The van der Waals surface area contributed by atoms with Crippen LogP contribution >= 0.6 is 0 Å². The van der Waals surface area contributed by atoms with Gasteiger partial charge < -0.3 is 16.2 Å². The minimum atomic E-state index is 0.368. The van der Waals surface area contributed by atoms with E-state index in [1.165, 1.54) is 0 Å². The Balaban J connectivity index is 2.22. The monoisotopic (exact) mass is 179 g/mol. The van der Waals surface area contributed by atoms with Crippen LogP contribution in [0.1, 0.15) is 18.4 Å². The highest BCUT2D eigenvalue weighted by atomic mass is 16.5. The number of pyridine rings is 1. The molecule has 0 radical (unpaired) electrons. The summed E-state index contributed by atoms with van der Waals surface area (Å²) in [6, 6.07) is 1.74. The van der Waals surface area contributed by atoms with Gasteiger partial charge >= 0.3 is 0 Å². The van der Waals surface area contributed by atoms with Crippen molar-refractivity contribution in [1.82, 2.24) is 4.98 Å². The topological polar surface area (TPSA) is 74.2 Å². The predicted octanol–water partition coefficient (Wildman–Crippen LogP) is 0.664. The lowest BCUT2D eigenvalue weighted by atomic mass is 10.2. The summed E-state index contributed by atoms with van der Waals surface area (Å²) < 4.78 is 5.63. The first-order valence-electron chi connectivity index (χ1n) is 4.40. The smallest absolute Gasteiger partial charge is 0.129 e. The minimum absolute atomic E-state index is 0.368. The van der Waals surface area contributed by atoms with Crippen LogP contribution in [0.3, 0.4) is 0 Å². The fourth-order valence-corrected chi connectivity index (χ4v) is 1.11. The standard InChI is InChI=1S/C9H13N3O/c10-4-6-5-12-9(11)3-8(6)13-7-1-2-7/h3,5,7H,1-2,4,10H2,(H2,11,12). The molecule has 0 amide bonds. The Morgan fingerprint density at radius 2 is 2.31 bits per heavy atom. The van der Waals surface area contributed by atoms with Gasteiger partial charge in [0.05, 0.1) is 6.10 Å². The van der Waals surface area contributed by atoms with Gasteiger partial charge in [-0.25, -0.2) is 4.98 Å². The highest BCUT2D eigenvalue weighted by Crippen LogP contribution is 2.29. The molecule has 4 N–H and O–H groups in total. The van der Waals surface area contributed by atoms with Crippen LogP contribution in [-0.2, 0) is 6.54 Å². The molecule has 1 heterocycles. The molecule has 0 saturated heterocycles. The zero-order valence-electron chi connectivity index (χ0n) is 7.36. The molecule has 1 aromatic heterocycles. The van der Waals surface area contributed by atoms with Gasteiger partial charge in [0, 0.05) is 24.4 Å². The van der Waals surface area contributed by atoms with E-state index in [2.05, 4.69) is 4.98 Å². The van der Waals surface area contributed by atoms with Crippen LogP contribution in [0.2, 0.25) is 0 Å². The Bertz CT molecular complexity index is 310. The van der Waals surface area contributed by atoms with E-state index in [1.807, 2.05) is 0 Å². The highest BCUT2D eigenvalue weighted by Gasteiger charge is 2.24. The summed E-state index contributed by atoms with van der Waals surface area (Å²) in [4.78, 5) is 3.96. The van der Waals surface area contributed by atoms with E-state index < -0.39 is 0 Å². The first-order chi connectivity index (χ1) is 6.29. The van der Waals surface area contributed by atoms with Gasteiger partial charge in [-0.1, -0.05) is 0 Å². The van der Waals surface area contributed by atoms with Crippen molar-refractivity contribution in [3.8, 4) is 5.75 Å². The van der Waals surface area contributed by atoms with Crippen LogP contribution in [-0.4, -0.2) is 11.1 Å². The normalized spacial score (nSPS) is 15.8. The summed E-state index contributed by atoms with van der Waals surface area (Å²) in [6.07, 6.45) is 4.30. The highest BCUT2D eigenvalue weighted by molar-refractivity contribution is 5.42. The molecule has 1 aliphatic rings. The Morgan fingerprint density at radius 1 is 1.54 bits per heavy atom. The van der Waals surface area contributed by atoms with Gasteiger partial charge in [0.25, 0.3) is 0 Å². The molecule has 1 aliphatic carbocycles. The number of ether oxygens (including phenoxy) is 1. The van der Waals surface area contributed by atoms with Crippen LogP contribution in [0.15, 0.2) is 12.3 Å². The first-order valence-corrected chi connectivity index (χ1v) is 4.40. The number of nitrogens with zero attached hydrogens (tertiary/aromatic N) is 1. The summed E-state index contributed by atoms with van der Waals surface area (Å²) in [5.41, 5.74) is 12.0. The van der Waals surface area contributed by atoms with Crippen molar-refractivity contribution in [1.29, 1.82) is 0 Å². The summed E-state index contributed by atoms with van der Waals surface area (Å²) in [5, 5.41) is 0. The largest absolute Gasteiger partial charge is 0.490 e. The molecular weight excluding hydrogens is 166 g/mol. The lowest BCUT2D eigenvalue weighted by Gasteiger charge is -2.09. The second-order valence-corrected chi connectivity index (χ2v) is 3.24. The molecule has 0 unspecified atom stereocenters. The van der Waals surface area contributed by atoms with Gasteiger partial charge in [-0.15, -0.1) is 0 Å². The minimum Gasteiger partial charge on any atom is -0.490 e. The Labute approximate surface area is 76.9 Å². The van der Waals surface area contributed by atoms with Gasteiger partial charge in [0.15, 0.2) is 0 Å². The SMILES string of the molecule is NCc1cnc(N)cc1OC1CC1. The molecule has 0 spiro atoms. The molecule has 0 aromatic carbocycles. The fraction of sp³-hybridized carbons (Fsp3) is 0.444. The van der Waals surface area contributed by atoms with Crippen molar-refractivity contribution in [3.05, 3.63) is 17.8 Å². The maximum absolute atomic E-state index is 5.63. The molecule has 2 rings (SSSR count). The fourth-order valence-electron chi connectivity index (χ4n) is 1.11. The zero-order valence-corrected chi connectivity index (χ0v) is 7.36. The van der Waals surface area contributed by atoms with E-state index in [4.69, 9.17) is 16.2 Å². The molecule has 0 bridgehead atoms.